The molecule has 0 radical (unpaired) electrons. The van der Waals surface area contributed by atoms with Gasteiger partial charge in [0.05, 0.1) is 26.0 Å². The molecule has 1 atom stereocenters. The van der Waals surface area contributed by atoms with Crippen LogP contribution in [0.25, 0.3) is 0 Å². The number of rotatable bonds is 7. The second kappa shape index (κ2) is 8.58. The highest BCUT2D eigenvalue weighted by molar-refractivity contribution is 5.74. The number of urea groups is 1. The van der Waals surface area contributed by atoms with Crippen LogP contribution in [0.5, 0.6) is 5.75 Å². The van der Waals surface area contributed by atoms with E-state index in [2.05, 4.69) is 5.32 Å². The van der Waals surface area contributed by atoms with Gasteiger partial charge in [0.25, 0.3) is 0 Å². The largest absolute Gasteiger partial charge is 0.497 e. The van der Waals surface area contributed by atoms with Crippen LogP contribution in [0.2, 0.25) is 0 Å². The molecule has 6 heteroatoms. The van der Waals surface area contributed by atoms with Gasteiger partial charge in [-0.1, -0.05) is 12.1 Å². The van der Waals surface area contributed by atoms with Gasteiger partial charge in [0.15, 0.2) is 0 Å². The van der Waals surface area contributed by atoms with Crippen LogP contribution in [0.4, 0.5) is 4.79 Å². The molecule has 2 aromatic rings. The standard InChI is InChI=1S/C19H24N2O4/c1-23-16-6-2-5-15(11-16)13-21(14-18-8-4-10-25-18)19(22)20-12-17-7-3-9-24-17/h2-3,5-7,9,11,18H,4,8,10,12-14H2,1H3,(H,20,22). The molecule has 0 aliphatic carbocycles. The number of amides is 2. The van der Waals surface area contributed by atoms with Crippen molar-refractivity contribution in [1.82, 2.24) is 10.2 Å². The predicted octanol–water partition coefficient (Wildman–Crippen LogP) is 3.18. The molecule has 1 aromatic carbocycles. The average molecular weight is 344 g/mol. The Balaban J connectivity index is 1.65. The van der Waals surface area contributed by atoms with Crippen molar-refractivity contribution < 1.29 is 18.7 Å². The summed E-state index contributed by atoms with van der Waals surface area (Å²) in [6.45, 7) is 2.21. The fourth-order valence-electron chi connectivity index (χ4n) is 2.93. The van der Waals surface area contributed by atoms with Gasteiger partial charge in [0.2, 0.25) is 0 Å². The average Bonchev–Trinajstić information content (AvgIpc) is 3.33. The number of carbonyl (C=O) groups excluding carboxylic acids is 1. The van der Waals surface area contributed by atoms with E-state index in [0.717, 1.165) is 36.5 Å². The summed E-state index contributed by atoms with van der Waals surface area (Å²) in [5.74, 6) is 1.51. The van der Waals surface area contributed by atoms with Crippen LogP contribution >= 0.6 is 0 Å². The summed E-state index contributed by atoms with van der Waals surface area (Å²) in [5, 5.41) is 2.91. The van der Waals surface area contributed by atoms with Gasteiger partial charge in [-0.15, -0.1) is 0 Å². The first kappa shape index (κ1) is 17.4. The summed E-state index contributed by atoms with van der Waals surface area (Å²) < 4.78 is 16.2. The molecule has 1 aliphatic heterocycles. The normalized spacial score (nSPS) is 16.6. The number of nitrogens with zero attached hydrogens (tertiary/aromatic N) is 1. The van der Waals surface area contributed by atoms with Gasteiger partial charge < -0.3 is 24.1 Å². The Morgan fingerprint density at radius 2 is 2.28 bits per heavy atom. The van der Waals surface area contributed by atoms with Crippen LogP contribution in [-0.4, -0.2) is 37.3 Å². The van der Waals surface area contributed by atoms with E-state index in [4.69, 9.17) is 13.9 Å². The number of nitrogens with one attached hydrogen (secondary N) is 1. The minimum absolute atomic E-state index is 0.0972. The van der Waals surface area contributed by atoms with E-state index < -0.39 is 0 Å². The Labute approximate surface area is 147 Å². The molecule has 25 heavy (non-hydrogen) atoms. The van der Waals surface area contributed by atoms with Gasteiger partial charge in [-0.25, -0.2) is 4.79 Å². The topological polar surface area (TPSA) is 63.9 Å². The summed E-state index contributed by atoms with van der Waals surface area (Å²) in [6, 6.07) is 11.3. The minimum Gasteiger partial charge on any atom is -0.497 e. The lowest BCUT2D eigenvalue weighted by Gasteiger charge is -2.26. The Hall–Kier alpha value is -2.47. The van der Waals surface area contributed by atoms with Crippen LogP contribution in [0.1, 0.15) is 24.2 Å². The highest BCUT2D eigenvalue weighted by Gasteiger charge is 2.23. The van der Waals surface area contributed by atoms with Crippen LogP contribution in [-0.2, 0) is 17.8 Å². The van der Waals surface area contributed by atoms with Crippen molar-refractivity contribution in [1.29, 1.82) is 0 Å². The number of ether oxygens (including phenoxy) is 2. The van der Waals surface area contributed by atoms with Gasteiger partial charge in [-0.05, 0) is 42.7 Å². The van der Waals surface area contributed by atoms with E-state index in [1.54, 1.807) is 18.3 Å². The molecule has 1 fully saturated rings. The summed E-state index contributed by atoms with van der Waals surface area (Å²) >= 11 is 0. The molecule has 1 unspecified atom stereocenters. The second-order valence-corrected chi connectivity index (χ2v) is 6.11. The minimum atomic E-state index is -0.130. The molecule has 1 saturated heterocycles. The molecule has 2 amide bonds. The maximum absolute atomic E-state index is 12.7. The van der Waals surface area contributed by atoms with Crippen molar-refractivity contribution in [2.75, 3.05) is 20.3 Å². The molecular weight excluding hydrogens is 320 g/mol. The van der Waals surface area contributed by atoms with E-state index in [9.17, 15) is 4.79 Å². The summed E-state index contributed by atoms with van der Waals surface area (Å²) in [6.07, 6.45) is 3.73. The Kier molecular flexibility index (Phi) is 5.95. The molecule has 1 N–H and O–H groups in total. The number of carbonyl (C=O) groups is 1. The van der Waals surface area contributed by atoms with Gasteiger partial charge in [0, 0.05) is 19.7 Å². The summed E-state index contributed by atoms with van der Waals surface area (Å²) in [7, 11) is 1.64. The summed E-state index contributed by atoms with van der Waals surface area (Å²) in [5.41, 5.74) is 1.02. The van der Waals surface area contributed by atoms with Gasteiger partial charge in [0.1, 0.15) is 11.5 Å². The highest BCUT2D eigenvalue weighted by atomic mass is 16.5. The van der Waals surface area contributed by atoms with Gasteiger partial charge >= 0.3 is 6.03 Å². The molecule has 0 bridgehead atoms. The molecule has 0 saturated carbocycles. The van der Waals surface area contributed by atoms with Crippen molar-refractivity contribution in [3.05, 3.63) is 54.0 Å². The van der Waals surface area contributed by atoms with E-state index in [1.807, 2.05) is 36.4 Å². The van der Waals surface area contributed by atoms with E-state index >= 15 is 0 Å². The number of hydrogen-bond acceptors (Lipinski definition) is 4. The number of furan rings is 1. The highest BCUT2D eigenvalue weighted by Crippen LogP contribution is 2.18. The van der Waals surface area contributed by atoms with Gasteiger partial charge in [-0.2, -0.15) is 0 Å². The summed E-state index contributed by atoms with van der Waals surface area (Å²) in [4.78, 5) is 14.5. The Morgan fingerprint density at radius 3 is 3.00 bits per heavy atom. The predicted molar refractivity (Wildman–Crippen MR) is 93.3 cm³/mol. The molecule has 0 spiro atoms. The smallest absolute Gasteiger partial charge is 0.318 e. The Bertz CT molecular complexity index is 666. The van der Waals surface area contributed by atoms with Crippen LogP contribution in [0.15, 0.2) is 47.1 Å². The van der Waals surface area contributed by atoms with Crippen molar-refractivity contribution >= 4 is 6.03 Å². The maximum Gasteiger partial charge on any atom is 0.318 e. The maximum atomic E-state index is 12.7. The third-order valence-electron chi connectivity index (χ3n) is 4.24. The van der Waals surface area contributed by atoms with Crippen LogP contribution < -0.4 is 10.1 Å². The molecule has 2 heterocycles. The third-order valence-corrected chi connectivity index (χ3v) is 4.24. The second-order valence-electron chi connectivity index (χ2n) is 6.11. The fraction of sp³-hybridized carbons (Fsp3) is 0.421. The van der Waals surface area contributed by atoms with Crippen molar-refractivity contribution in [3.8, 4) is 5.75 Å². The molecule has 3 rings (SSSR count). The monoisotopic (exact) mass is 344 g/mol. The number of benzene rings is 1. The van der Waals surface area contributed by atoms with E-state index in [0.29, 0.717) is 19.6 Å². The van der Waals surface area contributed by atoms with Crippen molar-refractivity contribution in [3.63, 3.8) is 0 Å². The third kappa shape index (κ3) is 5.00. The van der Waals surface area contributed by atoms with E-state index in [-0.39, 0.29) is 12.1 Å². The van der Waals surface area contributed by atoms with Crippen molar-refractivity contribution in [2.45, 2.75) is 32.0 Å². The number of hydrogen-bond donors (Lipinski definition) is 1. The Morgan fingerprint density at radius 1 is 1.36 bits per heavy atom. The van der Waals surface area contributed by atoms with Gasteiger partial charge in [-0.3, -0.25) is 0 Å². The lowest BCUT2D eigenvalue weighted by molar-refractivity contribution is 0.0793. The molecule has 6 nitrogen and oxygen atoms in total. The first-order valence-electron chi connectivity index (χ1n) is 8.54. The number of methoxy groups -OCH3 is 1. The SMILES string of the molecule is COc1cccc(CN(CC2CCCO2)C(=O)NCc2ccco2)c1. The first-order valence-corrected chi connectivity index (χ1v) is 8.54. The first-order chi connectivity index (χ1) is 12.2. The fourth-order valence-corrected chi connectivity index (χ4v) is 2.93. The zero-order valence-electron chi connectivity index (χ0n) is 14.4. The van der Waals surface area contributed by atoms with Crippen molar-refractivity contribution in [2.24, 2.45) is 0 Å². The zero-order valence-corrected chi connectivity index (χ0v) is 14.4. The van der Waals surface area contributed by atoms with E-state index in [1.165, 1.54) is 0 Å². The quantitative estimate of drug-likeness (QED) is 0.838. The lowest BCUT2D eigenvalue weighted by atomic mass is 10.2. The van der Waals surface area contributed by atoms with Crippen LogP contribution in [0, 0.1) is 0 Å². The van der Waals surface area contributed by atoms with Crippen LogP contribution in [0.3, 0.4) is 0 Å². The molecule has 1 aromatic heterocycles. The molecule has 134 valence electrons. The lowest BCUT2D eigenvalue weighted by Crippen LogP contribution is -2.43. The zero-order chi connectivity index (χ0) is 17.5. The molecule has 1 aliphatic rings. The molecular formula is C19H24N2O4.